The number of aromatic nitrogens is 1. The molecule has 5 heteroatoms. The van der Waals surface area contributed by atoms with Gasteiger partial charge >= 0.3 is 0 Å². The van der Waals surface area contributed by atoms with Crippen molar-refractivity contribution >= 4 is 28.2 Å². The summed E-state index contributed by atoms with van der Waals surface area (Å²) in [5, 5.41) is 14.6. The summed E-state index contributed by atoms with van der Waals surface area (Å²) in [6, 6.07) is 5.39. The van der Waals surface area contributed by atoms with Gasteiger partial charge in [0.2, 0.25) is 5.88 Å². The van der Waals surface area contributed by atoms with E-state index in [2.05, 4.69) is 5.11 Å². The molecule has 0 radical (unpaired) electrons. The molecule has 1 aromatic carbocycles. The van der Waals surface area contributed by atoms with E-state index in [4.69, 9.17) is 17.1 Å². The minimum Gasteiger partial charge on any atom is -0.493 e. The van der Waals surface area contributed by atoms with E-state index in [0.717, 1.165) is 5.52 Å². The van der Waals surface area contributed by atoms with Crippen molar-refractivity contribution in [1.29, 1.82) is 5.53 Å². The monoisotopic (exact) mass is 237 g/mol. The fourth-order valence-electron chi connectivity index (χ4n) is 1.89. The maximum atomic E-state index is 9.98. The number of fused-ring (bicyclic) bond motifs is 1. The Balaban J connectivity index is 2.91. The lowest BCUT2D eigenvalue weighted by atomic mass is 10.2. The van der Waals surface area contributed by atoms with Gasteiger partial charge in [-0.2, -0.15) is 5.11 Å². The topological polar surface area (TPSA) is 61.4 Å². The van der Waals surface area contributed by atoms with Crippen molar-refractivity contribution in [2.45, 2.75) is 19.9 Å². The molecule has 0 unspecified atom stereocenters. The van der Waals surface area contributed by atoms with Crippen molar-refractivity contribution in [3.05, 3.63) is 23.2 Å². The summed E-state index contributed by atoms with van der Waals surface area (Å²) < 4.78 is 1.74. The fourth-order valence-corrected chi connectivity index (χ4v) is 2.06. The number of nitrogens with zero attached hydrogens (tertiary/aromatic N) is 2. The van der Waals surface area contributed by atoms with Crippen LogP contribution >= 0.6 is 11.6 Å². The lowest BCUT2D eigenvalue weighted by Crippen LogP contribution is -1.98. The zero-order chi connectivity index (χ0) is 11.9. The maximum absolute atomic E-state index is 9.98. The Bertz CT molecular complexity index is 560. The van der Waals surface area contributed by atoms with Crippen LogP contribution < -0.4 is 0 Å². The molecule has 1 aromatic heterocycles. The van der Waals surface area contributed by atoms with Gasteiger partial charge in [0.15, 0.2) is 5.69 Å². The molecule has 16 heavy (non-hydrogen) atoms. The van der Waals surface area contributed by atoms with Crippen molar-refractivity contribution < 1.29 is 5.11 Å². The summed E-state index contributed by atoms with van der Waals surface area (Å²) >= 11 is 5.90. The molecular formula is C11H12ClN3O. The number of rotatable bonds is 2. The van der Waals surface area contributed by atoms with E-state index in [1.165, 1.54) is 0 Å². The fraction of sp³-hybridized carbons (Fsp3) is 0.273. The first-order valence-corrected chi connectivity index (χ1v) is 5.34. The molecule has 0 aliphatic heterocycles. The van der Waals surface area contributed by atoms with E-state index >= 15 is 0 Å². The van der Waals surface area contributed by atoms with E-state index in [0.29, 0.717) is 10.4 Å². The van der Waals surface area contributed by atoms with Gasteiger partial charge in [-0.1, -0.05) is 11.6 Å². The Morgan fingerprint density at radius 1 is 1.44 bits per heavy atom. The van der Waals surface area contributed by atoms with Crippen molar-refractivity contribution in [3.63, 3.8) is 0 Å². The van der Waals surface area contributed by atoms with Crippen LogP contribution in [0.3, 0.4) is 0 Å². The molecule has 0 aliphatic carbocycles. The predicted molar refractivity (Wildman–Crippen MR) is 63.8 cm³/mol. The van der Waals surface area contributed by atoms with Crippen LogP contribution in [0.1, 0.15) is 19.9 Å². The van der Waals surface area contributed by atoms with Crippen molar-refractivity contribution in [2.75, 3.05) is 0 Å². The Morgan fingerprint density at radius 2 is 2.12 bits per heavy atom. The average molecular weight is 238 g/mol. The van der Waals surface area contributed by atoms with Crippen LogP contribution in [0, 0.1) is 5.53 Å². The molecular weight excluding hydrogens is 226 g/mol. The summed E-state index contributed by atoms with van der Waals surface area (Å²) in [5.41, 5.74) is 8.21. The number of nitrogens with one attached hydrogen (secondary N) is 1. The van der Waals surface area contributed by atoms with Crippen LogP contribution in [0.25, 0.3) is 10.9 Å². The summed E-state index contributed by atoms with van der Waals surface area (Å²) in [4.78, 5) is 0. The normalized spacial score (nSPS) is 11.2. The van der Waals surface area contributed by atoms with Crippen LogP contribution in [-0.2, 0) is 0 Å². The summed E-state index contributed by atoms with van der Waals surface area (Å²) in [6.45, 7) is 3.92. The molecule has 0 fully saturated rings. The molecule has 0 amide bonds. The van der Waals surface area contributed by atoms with Crippen molar-refractivity contribution in [2.24, 2.45) is 5.11 Å². The van der Waals surface area contributed by atoms with E-state index in [9.17, 15) is 5.11 Å². The largest absolute Gasteiger partial charge is 0.493 e. The molecule has 0 saturated heterocycles. The van der Waals surface area contributed by atoms with E-state index < -0.39 is 0 Å². The first kappa shape index (κ1) is 11.0. The van der Waals surface area contributed by atoms with Crippen LogP contribution in [-0.4, -0.2) is 9.67 Å². The molecule has 0 saturated carbocycles. The van der Waals surface area contributed by atoms with Gasteiger partial charge in [0.1, 0.15) is 0 Å². The lowest BCUT2D eigenvalue weighted by molar-refractivity contribution is 0.407. The van der Waals surface area contributed by atoms with Gasteiger partial charge in [-0.25, -0.2) is 5.53 Å². The second-order valence-corrected chi connectivity index (χ2v) is 4.35. The molecule has 2 aromatic rings. The van der Waals surface area contributed by atoms with Gasteiger partial charge < -0.3 is 9.67 Å². The van der Waals surface area contributed by atoms with Crippen molar-refractivity contribution in [3.8, 4) is 5.88 Å². The first-order valence-electron chi connectivity index (χ1n) is 4.96. The maximum Gasteiger partial charge on any atom is 0.220 e. The van der Waals surface area contributed by atoms with Gasteiger partial charge in [-0.05, 0) is 32.0 Å². The van der Waals surface area contributed by atoms with Crippen LogP contribution in [0.4, 0.5) is 5.69 Å². The zero-order valence-corrected chi connectivity index (χ0v) is 9.78. The quantitative estimate of drug-likeness (QED) is 0.754. The van der Waals surface area contributed by atoms with Crippen LogP contribution in [0.15, 0.2) is 23.3 Å². The number of aromatic hydroxyl groups is 1. The third-order valence-electron chi connectivity index (χ3n) is 2.54. The third kappa shape index (κ3) is 1.46. The van der Waals surface area contributed by atoms with Crippen molar-refractivity contribution in [1.82, 2.24) is 4.57 Å². The van der Waals surface area contributed by atoms with E-state index in [1.54, 1.807) is 16.7 Å². The number of hydrogen-bond donors (Lipinski definition) is 2. The Hall–Kier alpha value is -1.55. The molecule has 0 bridgehead atoms. The van der Waals surface area contributed by atoms with Crippen LogP contribution in [0.2, 0.25) is 5.02 Å². The highest BCUT2D eigenvalue weighted by atomic mass is 35.5. The summed E-state index contributed by atoms with van der Waals surface area (Å²) in [7, 11) is 0. The summed E-state index contributed by atoms with van der Waals surface area (Å²) in [5.74, 6) is 0.0160. The highest BCUT2D eigenvalue weighted by Crippen LogP contribution is 2.41. The van der Waals surface area contributed by atoms with Gasteiger partial charge in [-0.15, -0.1) is 0 Å². The van der Waals surface area contributed by atoms with Crippen LogP contribution in [0.5, 0.6) is 5.88 Å². The highest BCUT2D eigenvalue weighted by molar-refractivity contribution is 6.31. The van der Waals surface area contributed by atoms with E-state index in [-0.39, 0.29) is 17.6 Å². The Labute approximate surface area is 98.0 Å². The standard InChI is InChI=1S/C11H12ClN3O/c1-6(2)15-9-4-3-7(12)5-8(9)10(14-13)11(15)16/h3-6,13,16H,1-2H3. The predicted octanol–water partition coefficient (Wildman–Crippen LogP) is 4.24. The number of halogens is 1. The van der Waals surface area contributed by atoms with Gasteiger partial charge in [0, 0.05) is 16.5 Å². The molecule has 2 N–H and O–H groups in total. The Morgan fingerprint density at radius 3 is 2.69 bits per heavy atom. The third-order valence-corrected chi connectivity index (χ3v) is 2.78. The molecule has 84 valence electrons. The average Bonchev–Trinajstić information content (AvgIpc) is 2.49. The zero-order valence-electron chi connectivity index (χ0n) is 9.03. The smallest absolute Gasteiger partial charge is 0.220 e. The Kier molecular flexibility index (Phi) is 2.59. The minimum atomic E-state index is 0.0160. The number of hydrogen-bond acceptors (Lipinski definition) is 3. The second kappa shape index (κ2) is 3.79. The van der Waals surface area contributed by atoms with Gasteiger partial charge in [0.05, 0.1) is 5.52 Å². The van der Waals surface area contributed by atoms with E-state index in [1.807, 2.05) is 19.9 Å². The first-order chi connectivity index (χ1) is 7.56. The minimum absolute atomic E-state index is 0.0160. The molecule has 0 spiro atoms. The van der Waals surface area contributed by atoms with Gasteiger partial charge in [0.25, 0.3) is 0 Å². The summed E-state index contributed by atoms with van der Waals surface area (Å²) in [6.07, 6.45) is 0. The number of benzene rings is 1. The molecule has 2 rings (SSSR count). The molecule has 0 aliphatic rings. The SMILES string of the molecule is CC(C)n1c(O)c(N=N)c2cc(Cl)ccc21. The molecule has 4 nitrogen and oxygen atoms in total. The highest BCUT2D eigenvalue weighted by Gasteiger charge is 2.18. The molecule has 1 heterocycles. The lowest BCUT2D eigenvalue weighted by Gasteiger charge is -2.10. The second-order valence-electron chi connectivity index (χ2n) is 3.91. The molecule has 0 atom stereocenters. The van der Waals surface area contributed by atoms with Gasteiger partial charge in [-0.3, -0.25) is 0 Å².